The van der Waals surface area contributed by atoms with Crippen LogP contribution in [0.25, 0.3) is 28.2 Å². The lowest BCUT2D eigenvalue weighted by molar-refractivity contribution is -0.123. The third-order valence-electron chi connectivity index (χ3n) is 5.18. The zero-order valence-corrected chi connectivity index (χ0v) is 15.2. The molecule has 4 heterocycles. The summed E-state index contributed by atoms with van der Waals surface area (Å²) in [5.41, 5.74) is 4.83. The molecule has 5 rings (SSSR count). The van der Waals surface area contributed by atoms with Crippen molar-refractivity contribution in [2.45, 2.75) is 19.0 Å². The molecule has 0 radical (unpaired) electrons. The summed E-state index contributed by atoms with van der Waals surface area (Å²) in [6.07, 6.45) is 8.75. The van der Waals surface area contributed by atoms with Gasteiger partial charge in [-0.05, 0) is 18.6 Å². The lowest BCUT2D eigenvalue weighted by Gasteiger charge is -2.30. The van der Waals surface area contributed by atoms with Crippen LogP contribution in [0.15, 0.2) is 65.9 Å². The third-order valence-corrected chi connectivity index (χ3v) is 5.18. The van der Waals surface area contributed by atoms with Gasteiger partial charge in [0, 0.05) is 47.6 Å². The largest absolute Gasteiger partial charge is 0.337 e. The number of nitrogens with zero attached hydrogens (tertiary/aromatic N) is 3. The minimum atomic E-state index is -0.161. The molecule has 2 unspecified atom stereocenters. The number of rotatable bonds is 3. The van der Waals surface area contributed by atoms with E-state index in [-0.39, 0.29) is 18.0 Å². The van der Waals surface area contributed by atoms with Crippen molar-refractivity contribution in [3.05, 3.63) is 66.6 Å². The van der Waals surface area contributed by atoms with Crippen LogP contribution in [0.1, 0.15) is 18.5 Å². The zero-order valence-electron chi connectivity index (χ0n) is 15.2. The van der Waals surface area contributed by atoms with Crippen LogP contribution in [0.5, 0.6) is 0 Å². The summed E-state index contributed by atoms with van der Waals surface area (Å²) in [6.45, 7) is 0. The number of carbonyl (C=O) groups excluding carboxylic acids is 1. The van der Waals surface area contributed by atoms with Gasteiger partial charge in [0.05, 0.1) is 11.4 Å². The molecule has 2 aliphatic heterocycles. The highest BCUT2D eigenvalue weighted by Gasteiger charge is 2.30. The summed E-state index contributed by atoms with van der Waals surface area (Å²) in [5, 5.41) is 2.95. The molecule has 6 heteroatoms. The van der Waals surface area contributed by atoms with E-state index in [9.17, 15) is 4.79 Å². The van der Waals surface area contributed by atoms with Crippen molar-refractivity contribution < 1.29 is 4.79 Å². The number of imidazole rings is 1. The normalized spacial score (nSPS) is 21.0. The number of allylic oxidation sites excluding steroid dienone is 1. The fourth-order valence-electron chi connectivity index (χ4n) is 3.74. The predicted octanol–water partition coefficient (Wildman–Crippen LogP) is 3.46. The summed E-state index contributed by atoms with van der Waals surface area (Å²) in [6, 6.07) is 14.0. The molecule has 2 aromatic heterocycles. The zero-order chi connectivity index (χ0) is 18.9. The number of carbonyl (C=O) groups is 1. The summed E-state index contributed by atoms with van der Waals surface area (Å²) in [7, 11) is 0. The molecule has 2 aliphatic rings. The standard InChI is InChI=1S/C22H19N5O/c28-18-7-6-16-12-17(13-24-21(16)25-18)20-19(14-8-10-23-11-9-14)26-22(27-20)15-4-2-1-3-5-15/h1-5,8-13,16,21H,6-7H2,(H,25,28)(H,26,27). The summed E-state index contributed by atoms with van der Waals surface area (Å²) >= 11 is 0. The Labute approximate surface area is 162 Å². The van der Waals surface area contributed by atoms with Gasteiger partial charge in [-0.25, -0.2) is 4.98 Å². The Morgan fingerprint density at radius 1 is 1.00 bits per heavy atom. The van der Waals surface area contributed by atoms with E-state index < -0.39 is 0 Å². The van der Waals surface area contributed by atoms with Gasteiger partial charge in [-0.3, -0.25) is 14.8 Å². The van der Waals surface area contributed by atoms with E-state index in [4.69, 9.17) is 4.98 Å². The Balaban J connectivity index is 1.59. The molecule has 3 aromatic rings. The Morgan fingerprint density at radius 2 is 1.82 bits per heavy atom. The molecule has 0 spiro atoms. The number of nitrogens with one attached hydrogen (secondary N) is 2. The summed E-state index contributed by atoms with van der Waals surface area (Å²) in [4.78, 5) is 28.7. The monoisotopic (exact) mass is 369 g/mol. The van der Waals surface area contributed by atoms with Crippen LogP contribution in [0.4, 0.5) is 0 Å². The van der Waals surface area contributed by atoms with Crippen molar-refractivity contribution in [2.75, 3.05) is 0 Å². The highest BCUT2D eigenvalue weighted by atomic mass is 16.1. The molecule has 1 fully saturated rings. The average molecular weight is 369 g/mol. The maximum atomic E-state index is 11.6. The number of aromatic nitrogens is 3. The van der Waals surface area contributed by atoms with Gasteiger partial charge in [-0.1, -0.05) is 36.4 Å². The van der Waals surface area contributed by atoms with Gasteiger partial charge in [0.2, 0.25) is 5.91 Å². The molecule has 0 saturated carbocycles. The second-order valence-corrected chi connectivity index (χ2v) is 7.03. The number of dihydropyridines is 1. The number of fused-ring (bicyclic) bond motifs is 1. The van der Waals surface area contributed by atoms with Crippen molar-refractivity contribution >= 4 is 17.7 Å². The van der Waals surface area contributed by atoms with E-state index >= 15 is 0 Å². The maximum Gasteiger partial charge on any atom is 0.221 e. The Morgan fingerprint density at radius 3 is 2.64 bits per heavy atom. The number of hydrogen-bond acceptors (Lipinski definition) is 4. The first-order valence-electron chi connectivity index (χ1n) is 9.38. The van der Waals surface area contributed by atoms with E-state index in [1.54, 1.807) is 12.4 Å². The van der Waals surface area contributed by atoms with Gasteiger partial charge in [-0.15, -0.1) is 0 Å². The number of aliphatic imine (C=N–C) groups is 1. The second-order valence-electron chi connectivity index (χ2n) is 7.03. The maximum absolute atomic E-state index is 11.6. The minimum Gasteiger partial charge on any atom is -0.337 e. The number of piperidine rings is 1. The van der Waals surface area contributed by atoms with Crippen molar-refractivity contribution in [3.8, 4) is 22.6 Å². The van der Waals surface area contributed by atoms with Crippen LogP contribution in [0, 0.1) is 5.92 Å². The molecule has 1 amide bonds. The van der Waals surface area contributed by atoms with Gasteiger partial charge in [0.25, 0.3) is 0 Å². The van der Waals surface area contributed by atoms with Crippen LogP contribution < -0.4 is 5.32 Å². The fraction of sp³-hybridized carbons (Fsp3) is 0.182. The van der Waals surface area contributed by atoms with E-state index in [1.807, 2.05) is 48.7 Å². The third kappa shape index (κ3) is 3.03. The number of hydrogen-bond donors (Lipinski definition) is 2. The lowest BCUT2D eigenvalue weighted by atomic mass is 9.90. The summed E-state index contributed by atoms with van der Waals surface area (Å²) < 4.78 is 0. The van der Waals surface area contributed by atoms with Gasteiger partial charge in [-0.2, -0.15) is 0 Å². The molecule has 138 valence electrons. The molecular formula is C22H19N5O. The van der Waals surface area contributed by atoms with Crippen molar-refractivity contribution in [3.63, 3.8) is 0 Å². The molecule has 0 aliphatic carbocycles. The number of H-pyrrole nitrogens is 1. The first kappa shape index (κ1) is 16.6. The van der Waals surface area contributed by atoms with Gasteiger partial charge < -0.3 is 10.3 Å². The molecule has 2 atom stereocenters. The smallest absolute Gasteiger partial charge is 0.221 e. The molecule has 1 saturated heterocycles. The number of pyridine rings is 1. The van der Waals surface area contributed by atoms with Crippen LogP contribution in [0.2, 0.25) is 0 Å². The Bertz CT molecular complexity index is 1070. The van der Waals surface area contributed by atoms with Crippen LogP contribution in [-0.4, -0.2) is 33.2 Å². The van der Waals surface area contributed by atoms with Crippen molar-refractivity contribution in [1.29, 1.82) is 0 Å². The van der Waals surface area contributed by atoms with E-state index in [1.165, 1.54) is 0 Å². The van der Waals surface area contributed by atoms with E-state index in [2.05, 4.69) is 26.4 Å². The average Bonchev–Trinajstić information content (AvgIpc) is 3.20. The molecule has 6 nitrogen and oxygen atoms in total. The van der Waals surface area contributed by atoms with Crippen LogP contribution in [0.3, 0.4) is 0 Å². The Hall–Kier alpha value is -3.54. The second kappa shape index (κ2) is 6.88. The predicted molar refractivity (Wildman–Crippen MR) is 108 cm³/mol. The van der Waals surface area contributed by atoms with Crippen LogP contribution >= 0.6 is 0 Å². The topological polar surface area (TPSA) is 83.0 Å². The lowest BCUT2D eigenvalue weighted by Crippen LogP contribution is -2.44. The molecule has 2 N–H and O–H groups in total. The minimum absolute atomic E-state index is 0.0700. The van der Waals surface area contributed by atoms with Gasteiger partial charge >= 0.3 is 0 Å². The first-order valence-corrected chi connectivity index (χ1v) is 9.38. The SMILES string of the molecule is O=C1CCC2C=C(c3[nH]c(-c4ccccc4)nc3-c3ccncc3)C=NC2N1. The number of benzene rings is 1. The molecular weight excluding hydrogens is 350 g/mol. The Kier molecular flexibility index (Phi) is 4.09. The van der Waals surface area contributed by atoms with Crippen molar-refractivity contribution in [1.82, 2.24) is 20.3 Å². The molecule has 0 bridgehead atoms. The number of amides is 1. The summed E-state index contributed by atoms with van der Waals surface area (Å²) in [5.74, 6) is 1.09. The van der Waals surface area contributed by atoms with E-state index in [0.29, 0.717) is 6.42 Å². The fourth-order valence-corrected chi connectivity index (χ4v) is 3.74. The van der Waals surface area contributed by atoms with Crippen LogP contribution in [-0.2, 0) is 4.79 Å². The highest BCUT2D eigenvalue weighted by molar-refractivity contribution is 6.12. The quantitative estimate of drug-likeness (QED) is 0.742. The number of aromatic amines is 1. The van der Waals surface area contributed by atoms with Gasteiger partial charge in [0.15, 0.2) is 0 Å². The molecule has 28 heavy (non-hydrogen) atoms. The molecule has 1 aromatic carbocycles. The van der Waals surface area contributed by atoms with Crippen molar-refractivity contribution in [2.24, 2.45) is 10.9 Å². The highest BCUT2D eigenvalue weighted by Crippen LogP contribution is 2.33. The van der Waals surface area contributed by atoms with E-state index in [0.717, 1.165) is 40.3 Å². The van der Waals surface area contributed by atoms with Gasteiger partial charge in [0.1, 0.15) is 12.0 Å². The first-order chi connectivity index (χ1) is 13.8.